The van der Waals surface area contributed by atoms with Crippen LogP contribution in [-0.2, 0) is 19.6 Å². The molecule has 1 fully saturated rings. The number of halogens is 1. The van der Waals surface area contributed by atoms with E-state index < -0.39 is 0 Å². The van der Waals surface area contributed by atoms with Crippen molar-refractivity contribution in [3.05, 3.63) is 71.1 Å². The molecule has 0 bridgehead atoms. The first kappa shape index (κ1) is 24.4. The predicted molar refractivity (Wildman–Crippen MR) is 144 cm³/mol. The summed E-state index contributed by atoms with van der Waals surface area (Å²) in [5.41, 5.74) is 4.79. The van der Waals surface area contributed by atoms with Gasteiger partial charge in [-0.3, -0.25) is 4.90 Å². The molecule has 2 amide bonds. The van der Waals surface area contributed by atoms with Crippen LogP contribution in [0.5, 0.6) is 0 Å². The molecule has 2 aromatic heterocycles. The number of aryl methyl sites for hydroxylation is 1. The first-order valence-corrected chi connectivity index (χ1v) is 13.1. The zero-order valence-electron chi connectivity index (χ0n) is 20.6. The molecule has 1 aliphatic rings. The minimum atomic E-state index is -0.302. The van der Waals surface area contributed by atoms with E-state index in [9.17, 15) is 9.18 Å². The Morgan fingerprint density at radius 1 is 1.11 bits per heavy atom. The molecule has 2 aromatic carbocycles. The summed E-state index contributed by atoms with van der Waals surface area (Å²) < 4.78 is 15.2. The highest BCUT2D eigenvalue weighted by molar-refractivity contribution is 7.13. The van der Waals surface area contributed by atoms with Gasteiger partial charge in [0.2, 0.25) is 0 Å². The molecule has 0 spiro atoms. The molecule has 5 rings (SSSR count). The van der Waals surface area contributed by atoms with E-state index in [2.05, 4.69) is 62.6 Å². The van der Waals surface area contributed by atoms with Crippen molar-refractivity contribution < 1.29 is 9.18 Å². The van der Waals surface area contributed by atoms with Crippen LogP contribution in [0.25, 0.3) is 21.5 Å². The number of carbonyl (C=O) groups is 1. The highest BCUT2D eigenvalue weighted by Gasteiger charge is 2.17. The number of amides is 2. The highest BCUT2D eigenvalue weighted by atomic mass is 32.1. The van der Waals surface area contributed by atoms with Crippen molar-refractivity contribution in [3.8, 4) is 10.6 Å². The molecular weight excluding hydrogens is 475 g/mol. The summed E-state index contributed by atoms with van der Waals surface area (Å²) in [4.78, 5) is 22.4. The van der Waals surface area contributed by atoms with E-state index >= 15 is 0 Å². The fraction of sp³-hybridized carbons (Fsp3) is 0.333. The van der Waals surface area contributed by atoms with Crippen LogP contribution in [0.15, 0.2) is 54.0 Å². The van der Waals surface area contributed by atoms with Crippen molar-refractivity contribution in [2.24, 2.45) is 0 Å². The molecule has 0 aliphatic carbocycles. The summed E-state index contributed by atoms with van der Waals surface area (Å²) in [6.45, 7) is 8.39. The summed E-state index contributed by atoms with van der Waals surface area (Å²) in [6, 6.07) is 12.1. The lowest BCUT2D eigenvalue weighted by atomic mass is 10.1. The van der Waals surface area contributed by atoms with Crippen molar-refractivity contribution >= 4 is 34.0 Å². The number of benzene rings is 2. The lowest BCUT2D eigenvalue weighted by Crippen LogP contribution is -2.43. The van der Waals surface area contributed by atoms with Gasteiger partial charge in [0.15, 0.2) is 0 Å². The molecule has 7 nitrogen and oxygen atoms in total. The quantitative estimate of drug-likeness (QED) is 0.371. The fourth-order valence-electron chi connectivity index (χ4n) is 4.49. The Bertz CT molecular complexity index is 1340. The first-order valence-electron chi connectivity index (χ1n) is 12.3. The third kappa shape index (κ3) is 5.59. The topological polar surface area (TPSA) is 65.4 Å². The molecule has 0 atom stereocenters. The van der Waals surface area contributed by atoms with Crippen LogP contribution in [0.3, 0.4) is 0 Å². The van der Waals surface area contributed by atoms with E-state index in [1.807, 2.05) is 6.20 Å². The molecule has 188 valence electrons. The lowest BCUT2D eigenvalue weighted by Gasteiger charge is -2.31. The third-order valence-electron chi connectivity index (χ3n) is 6.62. The number of urea groups is 1. The Balaban J connectivity index is 1.31. The Hall–Kier alpha value is -3.27. The van der Waals surface area contributed by atoms with E-state index in [0.29, 0.717) is 6.54 Å². The molecule has 3 heterocycles. The van der Waals surface area contributed by atoms with Gasteiger partial charge in [0.05, 0.1) is 16.9 Å². The number of rotatable bonds is 7. The lowest BCUT2D eigenvalue weighted by molar-refractivity contribution is 0.147. The number of hydrogen-bond donors (Lipinski definition) is 2. The fourth-order valence-corrected chi connectivity index (χ4v) is 5.30. The first-order chi connectivity index (χ1) is 17.5. The number of nitrogens with one attached hydrogen (secondary N) is 2. The number of hydrogen-bond acceptors (Lipinski definition) is 5. The van der Waals surface area contributed by atoms with Crippen LogP contribution in [0.2, 0.25) is 0 Å². The molecule has 9 heteroatoms. The van der Waals surface area contributed by atoms with E-state index in [1.165, 1.54) is 12.1 Å². The monoisotopic (exact) mass is 506 g/mol. The zero-order valence-corrected chi connectivity index (χ0v) is 21.4. The second-order valence-electron chi connectivity index (χ2n) is 9.22. The Labute approximate surface area is 214 Å². The summed E-state index contributed by atoms with van der Waals surface area (Å²) in [6.07, 6.45) is 1.96. The molecule has 36 heavy (non-hydrogen) atoms. The van der Waals surface area contributed by atoms with E-state index in [-0.39, 0.29) is 11.8 Å². The van der Waals surface area contributed by atoms with E-state index in [0.717, 1.165) is 77.7 Å². The van der Waals surface area contributed by atoms with Gasteiger partial charge in [0.1, 0.15) is 10.8 Å². The number of fused-ring (bicyclic) bond motifs is 1. The SMILES string of the molecule is CCn1cc(NC(=O)NCc2ccc(F)cc2)c2cc(-c3nc(CN4CCN(C)CC4)cs3)ccc21. The zero-order chi connectivity index (χ0) is 25.1. The number of likely N-dealkylation sites (N-methyl/N-ethyl adjacent to an activating group) is 1. The van der Waals surface area contributed by atoms with Crippen molar-refractivity contribution in [1.29, 1.82) is 0 Å². The minimum absolute atomic E-state index is 0.293. The molecule has 0 radical (unpaired) electrons. The van der Waals surface area contributed by atoms with Gasteiger partial charge in [-0.2, -0.15) is 0 Å². The van der Waals surface area contributed by atoms with Gasteiger partial charge in [-0.25, -0.2) is 14.2 Å². The van der Waals surface area contributed by atoms with Gasteiger partial charge < -0.3 is 20.1 Å². The van der Waals surface area contributed by atoms with Crippen molar-refractivity contribution in [2.45, 2.75) is 26.6 Å². The second-order valence-corrected chi connectivity index (χ2v) is 10.1. The van der Waals surface area contributed by atoms with Gasteiger partial charge in [-0.05, 0) is 49.9 Å². The van der Waals surface area contributed by atoms with Gasteiger partial charge in [-0.15, -0.1) is 11.3 Å². The maximum absolute atomic E-state index is 13.1. The average molecular weight is 507 g/mol. The molecule has 0 unspecified atom stereocenters. The molecule has 0 saturated carbocycles. The number of carbonyl (C=O) groups excluding carboxylic acids is 1. The number of nitrogens with zero attached hydrogens (tertiary/aromatic N) is 4. The smallest absolute Gasteiger partial charge is 0.319 e. The standard InChI is InChI=1S/C27H31FN6OS/c1-3-34-17-24(31-27(35)29-15-19-4-7-21(28)8-5-19)23-14-20(6-9-25(23)34)26-30-22(18-36-26)16-33-12-10-32(2)11-13-33/h4-9,14,17-18H,3,10-13,15-16H2,1-2H3,(H2,29,31,35). The third-order valence-corrected chi connectivity index (χ3v) is 7.56. The summed E-state index contributed by atoms with van der Waals surface area (Å²) in [5.74, 6) is -0.293. The Morgan fingerprint density at radius 3 is 2.64 bits per heavy atom. The van der Waals surface area contributed by atoms with Crippen LogP contribution in [0, 0.1) is 5.82 Å². The van der Waals surface area contributed by atoms with E-state index in [1.54, 1.807) is 23.5 Å². The van der Waals surface area contributed by atoms with Crippen LogP contribution in [0.4, 0.5) is 14.9 Å². The Kier molecular flexibility index (Phi) is 7.31. The molecular formula is C27H31FN6OS. The van der Waals surface area contributed by atoms with Crippen LogP contribution >= 0.6 is 11.3 Å². The summed E-state index contributed by atoms with van der Waals surface area (Å²) >= 11 is 1.66. The number of piperazine rings is 1. The van der Waals surface area contributed by atoms with Crippen molar-refractivity contribution in [3.63, 3.8) is 0 Å². The number of aromatic nitrogens is 2. The number of anilines is 1. The highest BCUT2D eigenvalue weighted by Crippen LogP contribution is 2.32. The van der Waals surface area contributed by atoms with Crippen LogP contribution in [-0.4, -0.2) is 58.6 Å². The van der Waals surface area contributed by atoms with Gasteiger partial charge in [0.25, 0.3) is 0 Å². The summed E-state index contributed by atoms with van der Waals surface area (Å²) in [7, 11) is 2.17. The maximum atomic E-state index is 13.1. The van der Waals surface area contributed by atoms with Gasteiger partial charge >= 0.3 is 6.03 Å². The van der Waals surface area contributed by atoms with Crippen LogP contribution < -0.4 is 10.6 Å². The largest absolute Gasteiger partial charge is 0.346 e. The summed E-state index contributed by atoms with van der Waals surface area (Å²) in [5, 5.41) is 9.95. The van der Waals surface area contributed by atoms with Gasteiger partial charge in [-0.1, -0.05) is 12.1 Å². The van der Waals surface area contributed by atoms with Crippen molar-refractivity contribution in [1.82, 2.24) is 24.7 Å². The normalized spacial score (nSPS) is 14.9. The van der Waals surface area contributed by atoms with Crippen molar-refractivity contribution in [2.75, 3.05) is 38.5 Å². The molecule has 2 N–H and O–H groups in total. The van der Waals surface area contributed by atoms with Gasteiger partial charge in [0, 0.05) is 68.3 Å². The number of thiazole rings is 1. The Morgan fingerprint density at radius 2 is 1.89 bits per heavy atom. The molecule has 1 saturated heterocycles. The minimum Gasteiger partial charge on any atom is -0.346 e. The van der Waals surface area contributed by atoms with E-state index in [4.69, 9.17) is 4.98 Å². The van der Waals surface area contributed by atoms with Crippen LogP contribution in [0.1, 0.15) is 18.2 Å². The average Bonchev–Trinajstić information content (AvgIpc) is 3.49. The second kappa shape index (κ2) is 10.8. The molecule has 4 aromatic rings. The molecule has 1 aliphatic heterocycles. The maximum Gasteiger partial charge on any atom is 0.319 e. The predicted octanol–water partition coefficient (Wildman–Crippen LogP) is 4.99.